The number of hydrogen-bond donors (Lipinski definition) is 4. The second-order valence-corrected chi connectivity index (χ2v) is 8.38. The smallest absolute Gasteiger partial charge is 0.252 e. The van der Waals surface area contributed by atoms with Crippen LogP contribution in [0.25, 0.3) is 0 Å². The molecule has 4 amide bonds. The van der Waals surface area contributed by atoms with Crippen LogP contribution in [0.1, 0.15) is 120 Å². The predicted octanol–water partition coefficient (Wildman–Crippen LogP) is 3.81. The van der Waals surface area contributed by atoms with Crippen LogP contribution in [-0.4, -0.2) is 49.8 Å². The molecule has 0 aliphatic heterocycles. The SMILES string of the molecule is CCCCNC(=O)c1cc(C(=O)NCCCC)c(C(=O)NCCCC)cc1C(=O)NCCCC. The van der Waals surface area contributed by atoms with Crippen LogP contribution >= 0.6 is 0 Å². The molecule has 0 radical (unpaired) electrons. The van der Waals surface area contributed by atoms with Crippen LogP contribution < -0.4 is 21.3 Å². The van der Waals surface area contributed by atoms with Crippen molar-refractivity contribution in [2.45, 2.75) is 79.1 Å². The van der Waals surface area contributed by atoms with Crippen LogP contribution in [0.3, 0.4) is 0 Å². The first-order valence-corrected chi connectivity index (χ1v) is 12.7. The minimum atomic E-state index is -0.436. The summed E-state index contributed by atoms with van der Waals surface area (Å²) in [6, 6.07) is 2.76. The Bertz CT molecular complexity index is 693. The first kappa shape index (κ1) is 29.1. The van der Waals surface area contributed by atoms with E-state index in [1.54, 1.807) is 0 Å². The molecule has 0 unspecified atom stereocenters. The fourth-order valence-electron chi connectivity index (χ4n) is 3.25. The summed E-state index contributed by atoms with van der Waals surface area (Å²) in [5.41, 5.74) is 0.374. The van der Waals surface area contributed by atoms with E-state index in [9.17, 15) is 19.2 Å². The van der Waals surface area contributed by atoms with E-state index in [2.05, 4.69) is 21.3 Å². The summed E-state index contributed by atoms with van der Waals surface area (Å²) in [7, 11) is 0. The van der Waals surface area contributed by atoms with Gasteiger partial charge in [-0.3, -0.25) is 19.2 Å². The van der Waals surface area contributed by atoms with E-state index in [4.69, 9.17) is 0 Å². The van der Waals surface area contributed by atoms with Crippen molar-refractivity contribution in [1.29, 1.82) is 0 Å². The van der Waals surface area contributed by atoms with E-state index < -0.39 is 23.6 Å². The maximum absolute atomic E-state index is 13.0. The Balaban J connectivity index is 3.46. The molecule has 0 spiro atoms. The molecule has 8 nitrogen and oxygen atoms in total. The number of carbonyl (C=O) groups excluding carboxylic acids is 4. The molecular formula is C26H42N4O4. The Morgan fingerprint density at radius 2 is 0.676 bits per heavy atom. The van der Waals surface area contributed by atoms with E-state index in [1.807, 2.05) is 27.7 Å². The lowest BCUT2D eigenvalue weighted by molar-refractivity contribution is 0.0907. The van der Waals surface area contributed by atoms with Crippen LogP contribution in [0.5, 0.6) is 0 Å². The molecule has 0 aromatic heterocycles. The van der Waals surface area contributed by atoms with Gasteiger partial charge in [0, 0.05) is 26.2 Å². The first-order valence-electron chi connectivity index (χ1n) is 12.7. The molecule has 0 saturated carbocycles. The summed E-state index contributed by atoms with van der Waals surface area (Å²) in [5, 5.41) is 11.3. The van der Waals surface area contributed by atoms with Gasteiger partial charge in [0.25, 0.3) is 23.6 Å². The fourth-order valence-corrected chi connectivity index (χ4v) is 3.25. The second kappa shape index (κ2) is 16.7. The van der Waals surface area contributed by atoms with Gasteiger partial charge in [-0.05, 0) is 37.8 Å². The maximum Gasteiger partial charge on any atom is 0.252 e. The van der Waals surface area contributed by atoms with Crippen molar-refractivity contribution in [3.63, 3.8) is 0 Å². The molecule has 1 aromatic carbocycles. The Hall–Kier alpha value is -2.90. The molecule has 1 aromatic rings. The minimum absolute atomic E-state index is 0.0934. The summed E-state index contributed by atoms with van der Waals surface area (Å²) in [6.45, 7) is 9.92. The third kappa shape index (κ3) is 9.53. The monoisotopic (exact) mass is 474 g/mol. The highest BCUT2D eigenvalue weighted by Gasteiger charge is 2.25. The highest BCUT2D eigenvalue weighted by Crippen LogP contribution is 2.19. The molecule has 190 valence electrons. The van der Waals surface area contributed by atoms with Gasteiger partial charge in [-0.2, -0.15) is 0 Å². The molecule has 0 saturated heterocycles. The number of hydrogen-bond acceptors (Lipinski definition) is 4. The number of benzene rings is 1. The lowest BCUT2D eigenvalue weighted by atomic mass is 9.95. The van der Waals surface area contributed by atoms with Gasteiger partial charge >= 0.3 is 0 Å². The van der Waals surface area contributed by atoms with Crippen LogP contribution in [0.4, 0.5) is 0 Å². The van der Waals surface area contributed by atoms with E-state index in [1.165, 1.54) is 12.1 Å². The van der Waals surface area contributed by atoms with Crippen molar-refractivity contribution in [2.24, 2.45) is 0 Å². The van der Waals surface area contributed by atoms with Crippen molar-refractivity contribution in [1.82, 2.24) is 21.3 Å². The number of amides is 4. The van der Waals surface area contributed by atoms with Gasteiger partial charge in [0.2, 0.25) is 0 Å². The Kier molecular flexibility index (Phi) is 14.3. The molecule has 0 aliphatic rings. The molecule has 0 aliphatic carbocycles. The molecule has 1 rings (SSSR count). The summed E-state index contributed by atoms with van der Waals surface area (Å²) < 4.78 is 0. The van der Waals surface area contributed by atoms with E-state index >= 15 is 0 Å². The third-order valence-electron chi connectivity index (χ3n) is 5.40. The Labute approximate surface area is 204 Å². The lowest BCUT2D eigenvalue weighted by Crippen LogP contribution is -2.34. The molecule has 0 heterocycles. The quantitative estimate of drug-likeness (QED) is 0.273. The largest absolute Gasteiger partial charge is 0.352 e. The average molecular weight is 475 g/mol. The van der Waals surface area contributed by atoms with Gasteiger partial charge in [-0.1, -0.05) is 53.4 Å². The molecule has 34 heavy (non-hydrogen) atoms. The molecule has 0 fully saturated rings. The Morgan fingerprint density at radius 3 is 0.853 bits per heavy atom. The molecule has 8 heteroatoms. The summed E-state index contributed by atoms with van der Waals surface area (Å²) >= 11 is 0. The summed E-state index contributed by atoms with van der Waals surface area (Å²) in [6.07, 6.45) is 6.83. The van der Waals surface area contributed by atoms with Gasteiger partial charge in [0.15, 0.2) is 0 Å². The second-order valence-electron chi connectivity index (χ2n) is 8.38. The van der Waals surface area contributed by atoms with Crippen LogP contribution in [0, 0.1) is 0 Å². The topological polar surface area (TPSA) is 116 Å². The van der Waals surface area contributed by atoms with Gasteiger partial charge < -0.3 is 21.3 Å². The zero-order valence-electron chi connectivity index (χ0n) is 21.3. The third-order valence-corrected chi connectivity index (χ3v) is 5.40. The van der Waals surface area contributed by atoms with Crippen molar-refractivity contribution >= 4 is 23.6 Å². The van der Waals surface area contributed by atoms with Crippen molar-refractivity contribution in [2.75, 3.05) is 26.2 Å². The summed E-state index contributed by atoms with van der Waals surface area (Å²) in [5.74, 6) is -1.74. The minimum Gasteiger partial charge on any atom is -0.352 e. The maximum atomic E-state index is 13.0. The number of rotatable bonds is 16. The van der Waals surface area contributed by atoms with Crippen LogP contribution in [-0.2, 0) is 0 Å². The van der Waals surface area contributed by atoms with Crippen LogP contribution in [0.2, 0.25) is 0 Å². The number of unbranched alkanes of at least 4 members (excludes halogenated alkanes) is 4. The van der Waals surface area contributed by atoms with E-state index in [0.717, 1.165) is 51.4 Å². The van der Waals surface area contributed by atoms with Crippen molar-refractivity contribution < 1.29 is 19.2 Å². The van der Waals surface area contributed by atoms with E-state index in [0.29, 0.717) is 26.2 Å². The molecule has 4 N–H and O–H groups in total. The first-order chi connectivity index (χ1) is 16.4. The zero-order chi connectivity index (χ0) is 25.3. The van der Waals surface area contributed by atoms with E-state index in [-0.39, 0.29) is 22.3 Å². The standard InChI is InChI=1S/C26H42N4O4/c1-5-9-13-27-23(31)19-17-21(25(33)29-15-11-7-3)22(26(34)30-16-12-8-4)18-20(19)24(32)28-14-10-6-2/h17-18H,5-16H2,1-4H3,(H,27,31)(H,28,32)(H,29,33)(H,30,34). The molecule has 0 bridgehead atoms. The molecular weight excluding hydrogens is 432 g/mol. The molecule has 0 atom stereocenters. The Morgan fingerprint density at radius 1 is 0.471 bits per heavy atom. The van der Waals surface area contributed by atoms with Crippen molar-refractivity contribution in [3.05, 3.63) is 34.4 Å². The highest BCUT2D eigenvalue weighted by atomic mass is 16.2. The lowest BCUT2D eigenvalue weighted by Gasteiger charge is -2.16. The summed E-state index contributed by atoms with van der Waals surface area (Å²) in [4.78, 5) is 51.9. The van der Waals surface area contributed by atoms with Gasteiger partial charge in [-0.25, -0.2) is 0 Å². The van der Waals surface area contributed by atoms with Gasteiger partial charge in [-0.15, -0.1) is 0 Å². The normalized spacial score (nSPS) is 10.5. The van der Waals surface area contributed by atoms with Crippen molar-refractivity contribution in [3.8, 4) is 0 Å². The number of carbonyl (C=O) groups is 4. The predicted molar refractivity (Wildman–Crippen MR) is 135 cm³/mol. The van der Waals surface area contributed by atoms with Crippen LogP contribution in [0.15, 0.2) is 12.1 Å². The van der Waals surface area contributed by atoms with Gasteiger partial charge in [0.05, 0.1) is 22.3 Å². The number of nitrogens with one attached hydrogen (secondary N) is 4. The highest BCUT2D eigenvalue weighted by molar-refractivity contribution is 6.14. The fraction of sp³-hybridized carbons (Fsp3) is 0.615. The zero-order valence-corrected chi connectivity index (χ0v) is 21.3. The van der Waals surface area contributed by atoms with Gasteiger partial charge in [0.1, 0.15) is 0 Å². The average Bonchev–Trinajstić information content (AvgIpc) is 2.83.